The van der Waals surface area contributed by atoms with E-state index < -0.39 is 80.2 Å². The van der Waals surface area contributed by atoms with Crippen molar-refractivity contribution in [1.82, 2.24) is 4.90 Å². The average Bonchev–Trinajstić information content (AvgIpc) is 2.57. The summed E-state index contributed by atoms with van der Waals surface area (Å²) in [7, 11) is 0. The summed E-state index contributed by atoms with van der Waals surface area (Å²) < 4.78 is 25.4. The number of rotatable bonds is 5. The lowest BCUT2D eigenvalue weighted by molar-refractivity contribution is -0.278. The van der Waals surface area contributed by atoms with Gasteiger partial charge in [-0.1, -0.05) is 0 Å². The summed E-state index contributed by atoms with van der Waals surface area (Å²) in [4.78, 5) is 59.4. The molecule has 0 aliphatic carbocycles. The first kappa shape index (κ1) is 21.7. The zero-order chi connectivity index (χ0) is 21.0. The van der Waals surface area contributed by atoms with Gasteiger partial charge in [-0.3, -0.25) is 28.9 Å². The minimum absolute atomic E-state index is 0.431. The second-order valence-corrected chi connectivity index (χ2v) is 6.16. The molecule has 0 radical (unpaired) electrons. The number of hydrogen-bond acceptors (Lipinski definition) is 11. The Balaban J connectivity index is 2.41. The monoisotopic (exact) mass is 403 g/mol. The molecule has 0 unspecified atom stereocenters. The number of carbonyl (C=O) groups excluding carboxylic acids is 5. The maximum absolute atomic E-state index is 12.2. The van der Waals surface area contributed by atoms with Crippen molar-refractivity contribution in [2.45, 2.75) is 51.4 Å². The summed E-state index contributed by atoms with van der Waals surface area (Å²) >= 11 is 0. The van der Waals surface area contributed by atoms with E-state index in [1.807, 2.05) is 0 Å². The number of aliphatic hydroxyl groups is 1. The molecule has 2 fully saturated rings. The molecule has 0 spiro atoms. The Morgan fingerprint density at radius 2 is 1.54 bits per heavy atom. The maximum atomic E-state index is 12.2. The molecule has 0 aromatic heterocycles. The number of aliphatic hydroxyl groups excluding tert-OH is 1. The molecule has 0 aromatic rings. The quantitative estimate of drug-likeness (QED) is 0.304. The SMILES string of the molecule is CC(=O)OC[C@H]1O[C@@H](O)[C@H](N2C(=O)COCC2=O)[C@@H](OC(C)=O)[C@@H]1OC(C)=O. The van der Waals surface area contributed by atoms with E-state index in [1.165, 1.54) is 0 Å². The number of amides is 2. The van der Waals surface area contributed by atoms with E-state index in [4.69, 9.17) is 23.7 Å². The van der Waals surface area contributed by atoms with E-state index in [0.29, 0.717) is 4.90 Å². The molecule has 2 amide bonds. The Morgan fingerprint density at radius 1 is 1.00 bits per heavy atom. The van der Waals surface area contributed by atoms with Crippen molar-refractivity contribution < 1.29 is 52.8 Å². The normalized spacial score (nSPS) is 30.6. The third kappa shape index (κ3) is 5.03. The van der Waals surface area contributed by atoms with Crippen LogP contribution in [0.15, 0.2) is 0 Å². The Labute approximate surface area is 159 Å². The van der Waals surface area contributed by atoms with Crippen molar-refractivity contribution >= 4 is 29.7 Å². The number of ether oxygens (including phenoxy) is 5. The van der Waals surface area contributed by atoms with Crippen LogP contribution in [-0.4, -0.2) is 90.2 Å². The van der Waals surface area contributed by atoms with Gasteiger partial charge in [0.2, 0.25) is 0 Å². The zero-order valence-corrected chi connectivity index (χ0v) is 15.5. The van der Waals surface area contributed by atoms with Gasteiger partial charge in [0.15, 0.2) is 18.5 Å². The molecule has 12 nitrogen and oxygen atoms in total. The van der Waals surface area contributed by atoms with Crippen LogP contribution in [0.4, 0.5) is 0 Å². The predicted molar refractivity (Wildman–Crippen MR) is 85.1 cm³/mol. The van der Waals surface area contributed by atoms with Gasteiger partial charge in [-0.25, -0.2) is 0 Å². The van der Waals surface area contributed by atoms with Gasteiger partial charge in [0.1, 0.15) is 32.0 Å². The zero-order valence-electron chi connectivity index (χ0n) is 15.5. The van der Waals surface area contributed by atoms with Crippen LogP contribution in [0.3, 0.4) is 0 Å². The first-order valence-electron chi connectivity index (χ1n) is 8.35. The van der Waals surface area contributed by atoms with E-state index in [0.717, 1.165) is 20.8 Å². The van der Waals surface area contributed by atoms with E-state index in [-0.39, 0.29) is 0 Å². The molecule has 12 heteroatoms. The maximum Gasteiger partial charge on any atom is 0.303 e. The van der Waals surface area contributed by atoms with Crippen LogP contribution in [0.5, 0.6) is 0 Å². The second kappa shape index (κ2) is 9.08. The third-order valence-corrected chi connectivity index (χ3v) is 3.97. The largest absolute Gasteiger partial charge is 0.463 e. The van der Waals surface area contributed by atoms with Crippen molar-refractivity contribution in [3.05, 3.63) is 0 Å². The van der Waals surface area contributed by atoms with Crippen molar-refractivity contribution in [3.8, 4) is 0 Å². The fraction of sp³-hybridized carbons (Fsp3) is 0.688. The number of hydrogen-bond donors (Lipinski definition) is 1. The highest BCUT2D eigenvalue weighted by Gasteiger charge is 2.55. The highest BCUT2D eigenvalue weighted by Crippen LogP contribution is 2.30. The van der Waals surface area contributed by atoms with E-state index in [9.17, 15) is 29.1 Å². The van der Waals surface area contributed by atoms with Crippen LogP contribution < -0.4 is 0 Å². The van der Waals surface area contributed by atoms with Crippen LogP contribution in [0, 0.1) is 0 Å². The van der Waals surface area contributed by atoms with Crippen molar-refractivity contribution in [3.63, 3.8) is 0 Å². The van der Waals surface area contributed by atoms with Crippen molar-refractivity contribution in [2.75, 3.05) is 19.8 Å². The topological polar surface area (TPSA) is 155 Å². The molecular formula is C16H21NO11. The number of imide groups is 1. The van der Waals surface area contributed by atoms with Gasteiger partial charge in [-0.05, 0) is 0 Å². The fourth-order valence-electron chi connectivity index (χ4n) is 3.01. The van der Waals surface area contributed by atoms with Gasteiger partial charge in [0.25, 0.3) is 11.8 Å². The summed E-state index contributed by atoms with van der Waals surface area (Å²) in [5.41, 5.74) is 0. The Kier molecular flexibility index (Phi) is 7.05. The molecule has 0 bridgehead atoms. The van der Waals surface area contributed by atoms with Crippen LogP contribution in [-0.2, 0) is 47.7 Å². The number of nitrogens with zero attached hydrogens (tertiary/aromatic N) is 1. The lowest BCUT2D eigenvalue weighted by Crippen LogP contribution is -2.69. The molecule has 28 heavy (non-hydrogen) atoms. The van der Waals surface area contributed by atoms with Crippen molar-refractivity contribution in [1.29, 1.82) is 0 Å². The molecule has 2 saturated heterocycles. The molecule has 5 atom stereocenters. The summed E-state index contributed by atoms with van der Waals surface area (Å²) in [5, 5.41) is 10.4. The average molecular weight is 403 g/mol. The standard InChI is InChI=1S/C16H21NO11/c1-7(18)25-4-10-14(26-8(2)19)15(27-9(3)20)13(16(23)28-10)17-11(21)5-24-6-12(17)22/h10,13-16,23H,4-6H2,1-3H3/t10-,13-,14-,15-,16-/m1/s1. The van der Waals surface area contributed by atoms with Gasteiger partial charge in [-0.2, -0.15) is 0 Å². The molecule has 2 aliphatic heterocycles. The lowest BCUT2D eigenvalue weighted by atomic mass is 9.94. The molecule has 2 rings (SSSR count). The third-order valence-electron chi connectivity index (χ3n) is 3.97. The van der Waals surface area contributed by atoms with Gasteiger partial charge >= 0.3 is 17.9 Å². The molecule has 2 heterocycles. The summed E-state index contributed by atoms with van der Waals surface area (Å²) in [5.74, 6) is -3.85. The number of esters is 3. The van der Waals surface area contributed by atoms with Gasteiger partial charge < -0.3 is 28.8 Å². The van der Waals surface area contributed by atoms with Crippen LogP contribution in [0.25, 0.3) is 0 Å². The van der Waals surface area contributed by atoms with Gasteiger partial charge in [0, 0.05) is 20.8 Å². The smallest absolute Gasteiger partial charge is 0.303 e. The molecule has 156 valence electrons. The highest BCUT2D eigenvalue weighted by molar-refractivity contribution is 5.98. The first-order valence-corrected chi connectivity index (χ1v) is 8.35. The van der Waals surface area contributed by atoms with Crippen LogP contribution in [0.2, 0.25) is 0 Å². The Bertz CT molecular complexity index is 647. The molecule has 0 aromatic carbocycles. The lowest BCUT2D eigenvalue weighted by Gasteiger charge is -2.47. The fourth-order valence-corrected chi connectivity index (χ4v) is 3.01. The number of carbonyl (C=O) groups is 5. The highest BCUT2D eigenvalue weighted by atomic mass is 16.7. The Hall–Kier alpha value is -2.57. The summed E-state index contributed by atoms with van der Waals surface area (Å²) in [6.45, 7) is 1.98. The minimum Gasteiger partial charge on any atom is -0.463 e. The summed E-state index contributed by atoms with van der Waals surface area (Å²) in [6, 6.07) is -1.49. The van der Waals surface area contributed by atoms with Crippen LogP contribution >= 0.6 is 0 Å². The molecular weight excluding hydrogens is 382 g/mol. The van der Waals surface area contributed by atoms with E-state index >= 15 is 0 Å². The van der Waals surface area contributed by atoms with Gasteiger partial charge in [0.05, 0.1) is 0 Å². The van der Waals surface area contributed by atoms with E-state index in [2.05, 4.69) is 0 Å². The Morgan fingerprint density at radius 3 is 2.04 bits per heavy atom. The summed E-state index contributed by atoms with van der Waals surface area (Å²) in [6.07, 6.45) is -5.84. The van der Waals surface area contributed by atoms with Gasteiger partial charge in [-0.15, -0.1) is 0 Å². The molecule has 2 aliphatic rings. The first-order chi connectivity index (χ1) is 13.1. The minimum atomic E-state index is -1.80. The van der Waals surface area contributed by atoms with Crippen molar-refractivity contribution in [2.24, 2.45) is 0 Å². The predicted octanol–water partition coefficient (Wildman–Crippen LogP) is -2.12. The molecule has 0 saturated carbocycles. The van der Waals surface area contributed by atoms with Crippen LogP contribution in [0.1, 0.15) is 20.8 Å². The van der Waals surface area contributed by atoms with E-state index in [1.54, 1.807) is 0 Å². The second-order valence-electron chi connectivity index (χ2n) is 6.16. The number of morpholine rings is 1. The molecule has 1 N–H and O–H groups in total.